The van der Waals surface area contributed by atoms with Crippen molar-refractivity contribution in [2.75, 3.05) is 0 Å². The van der Waals surface area contributed by atoms with E-state index in [9.17, 15) is 13.0 Å². The van der Waals surface area contributed by atoms with Crippen molar-refractivity contribution in [3.05, 3.63) is 9.40 Å². The van der Waals surface area contributed by atoms with Crippen LogP contribution in [0.2, 0.25) is 0 Å². The molecule has 0 aromatic rings. The summed E-state index contributed by atoms with van der Waals surface area (Å²) >= 11 is 9.96. The van der Waals surface area contributed by atoms with Gasteiger partial charge in [0.1, 0.15) is 14.6 Å². The van der Waals surface area contributed by atoms with Crippen molar-refractivity contribution in [1.29, 1.82) is 0 Å². The van der Waals surface area contributed by atoms with Crippen LogP contribution in [0.25, 0.3) is 0 Å². The van der Waals surface area contributed by atoms with Crippen LogP contribution in [0.15, 0.2) is 9.40 Å². The molecule has 54 valence electrons. The molecule has 0 unspecified atom stereocenters. The van der Waals surface area contributed by atoms with E-state index >= 15 is 0 Å². The van der Waals surface area contributed by atoms with E-state index in [1.54, 1.807) is 0 Å². The van der Waals surface area contributed by atoms with Crippen molar-refractivity contribution in [2.24, 2.45) is 0 Å². The Morgan fingerprint density at radius 3 is 1.70 bits per heavy atom. The molecule has 0 rings (SSSR count). The Morgan fingerprint density at radius 1 is 1.40 bits per heavy atom. The molecule has 7 heteroatoms. The zero-order valence-electron chi connectivity index (χ0n) is 5.39. The zero-order valence-corrected chi connectivity index (χ0v) is 9.72. The molecule has 0 aliphatic carbocycles. The summed E-state index contributed by atoms with van der Waals surface area (Å²) in [7, 11) is -4.44. The fraction of sp³-hybridized carbons (Fsp3) is 0.333. The summed E-state index contributed by atoms with van der Waals surface area (Å²) in [6.45, 7) is 1.04. The fourth-order valence-electron chi connectivity index (χ4n) is 0.0945. The first-order chi connectivity index (χ1) is 3.85. The zero-order chi connectivity index (χ0) is 7.65. The van der Waals surface area contributed by atoms with Crippen molar-refractivity contribution >= 4 is 33.3 Å². The second kappa shape index (κ2) is 4.98. The third kappa shape index (κ3) is 4.96. The van der Waals surface area contributed by atoms with E-state index in [1.165, 1.54) is 0 Å². The maximum Gasteiger partial charge on any atom is 1.00 e. The Bertz CT molecular complexity index is 228. The Balaban J connectivity index is 0. The van der Waals surface area contributed by atoms with Gasteiger partial charge in [-0.3, -0.25) is 0 Å². The van der Waals surface area contributed by atoms with Crippen molar-refractivity contribution in [3.63, 3.8) is 0 Å². The average Bonchev–Trinajstić information content (AvgIpc) is 1.62. The second-order valence-electron chi connectivity index (χ2n) is 1.27. The minimum absolute atomic E-state index is 0. The van der Waals surface area contributed by atoms with Crippen LogP contribution in [0.3, 0.4) is 0 Å². The van der Waals surface area contributed by atoms with Crippen molar-refractivity contribution < 1.29 is 42.5 Å². The van der Waals surface area contributed by atoms with E-state index in [4.69, 9.17) is 23.2 Å². The van der Waals surface area contributed by atoms with Gasteiger partial charge in [0.05, 0.1) is 4.91 Å². The first-order valence-electron chi connectivity index (χ1n) is 1.83. The smallest absolute Gasteiger partial charge is 0.744 e. The summed E-state index contributed by atoms with van der Waals surface area (Å²) in [4.78, 5) is -0.550. The monoisotopic (exact) mass is 212 g/mol. The van der Waals surface area contributed by atoms with Gasteiger partial charge in [-0.25, -0.2) is 8.42 Å². The molecule has 0 saturated carbocycles. The predicted octanol–water partition coefficient (Wildman–Crippen LogP) is -1.80. The molecule has 0 N–H and O–H groups in total. The minimum Gasteiger partial charge on any atom is -0.744 e. The molecule has 0 spiro atoms. The van der Waals surface area contributed by atoms with Gasteiger partial charge in [0.2, 0.25) is 0 Å². The van der Waals surface area contributed by atoms with Crippen LogP contribution in [-0.2, 0) is 10.1 Å². The van der Waals surface area contributed by atoms with Crippen LogP contribution in [0.5, 0.6) is 0 Å². The summed E-state index contributed by atoms with van der Waals surface area (Å²) < 4.78 is 29.5. The van der Waals surface area contributed by atoms with Crippen LogP contribution in [0, 0.1) is 0 Å². The van der Waals surface area contributed by atoms with Gasteiger partial charge in [-0.05, 0) is 6.92 Å². The Labute approximate surface area is 91.4 Å². The number of hydrogen-bond acceptors (Lipinski definition) is 3. The van der Waals surface area contributed by atoms with Crippen LogP contribution < -0.4 is 29.6 Å². The first kappa shape index (κ1) is 13.8. The van der Waals surface area contributed by atoms with E-state index in [0.29, 0.717) is 0 Å². The largest absolute Gasteiger partial charge is 1.00 e. The molecular formula is C3H3Cl2NaO3S. The van der Waals surface area contributed by atoms with E-state index in [1.807, 2.05) is 0 Å². The average molecular weight is 213 g/mol. The molecule has 0 radical (unpaired) electrons. The van der Waals surface area contributed by atoms with Crippen LogP contribution in [0.4, 0.5) is 0 Å². The van der Waals surface area contributed by atoms with Gasteiger partial charge in [-0.1, -0.05) is 23.2 Å². The molecule has 0 aromatic carbocycles. The molecule has 0 heterocycles. The van der Waals surface area contributed by atoms with Gasteiger partial charge in [-0.15, -0.1) is 0 Å². The number of hydrogen-bond donors (Lipinski definition) is 0. The van der Waals surface area contributed by atoms with E-state index < -0.39 is 19.5 Å². The maximum atomic E-state index is 9.99. The Kier molecular flexibility index (Phi) is 6.87. The van der Waals surface area contributed by atoms with Gasteiger partial charge < -0.3 is 4.55 Å². The van der Waals surface area contributed by atoms with Gasteiger partial charge >= 0.3 is 29.6 Å². The third-order valence-electron chi connectivity index (χ3n) is 0.641. The standard InChI is InChI=1S/C3H4Cl2O3S.Na/c1-2(3(4)5)9(6,7)8;/h1H3,(H,6,7,8);/q;+1/p-1. The Hall–Kier alpha value is 1.23. The van der Waals surface area contributed by atoms with E-state index in [-0.39, 0.29) is 29.6 Å². The van der Waals surface area contributed by atoms with Gasteiger partial charge in [0.15, 0.2) is 0 Å². The fourth-order valence-corrected chi connectivity index (χ4v) is 0.850. The predicted molar refractivity (Wildman–Crippen MR) is 34.1 cm³/mol. The normalized spacial score (nSPS) is 10.0. The first-order valence-corrected chi connectivity index (χ1v) is 4.00. The summed E-state index contributed by atoms with van der Waals surface area (Å²) in [5, 5.41) is 0. The van der Waals surface area contributed by atoms with Gasteiger partial charge in [-0.2, -0.15) is 0 Å². The van der Waals surface area contributed by atoms with Crippen LogP contribution in [-0.4, -0.2) is 13.0 Å². The maximum absolute atomic E-state index is 9.99. The van der Waals surface area contributed by atoms with Crippen molar-refractivity contribution in [1.82, 2.24) is 0 Å². The van der Waals surface area contributed by atoms with Crippen LogP contribution >= 0.6 is 23.2 Å². The second-order valence-corrected chi connectivity index (χ2v) is 3.74. The summed E-state index contributed by atoms with van der Waals surface area (Å²) in [5.74, 6) is 0. The summed E-state index contributed by atoms with van der Waals surface area (Å²) in [6, 6.07) is 0. The molecule has 0 atom stereocenters. The van der Waals surface area contributed by atoms with Gasteiger partial charge in [0, 0.05) is 0 Å². The molecule has 0 saturated heterocycles. The van der Waals surface area contributed by atoms with Crippen molar-refractivity contribution in [3.8, 4) is 0 Å². The number of halogens is 2. The molecule has 0 bridgehead atoms. The van der Waals surface area contributed by atoms with E-state index in [0.717, 1.165) is 6.92 Å². The van der Waals surface area contributed by atoms with Crippen molar-refractivity contribution in [2.45, 2.75) is 6.92 Å². The molecule has 0 aliphatic heterocycles. The summed E-state index contributed by atoms with van der Waals surface area (Å²) in [5.41, 5.74) is 0. The molecular weight excluding hydrogens is 210 g/mol. The topological polar surface area (TPSA) is 57.2 Å². The molecule has 10 heavy (non-hydrogen) atoms. The minimum atomic E-state index is -4.44. The Morgan fingerprint density at radius 2 is 1.70 bits per heavy atom. The number of rotatable bonds is 1. The van der Waals surface area contributed by atoms with Crippen LogP contribution in [0.1, 0.15) is 6.92 Å². The summed E-state index contributed by atoms with van der Waals surface area (Å²) in [6.07, 6.45) is 0. The van der Waals surface area contributed by atoms with E-state index in [2.05, 4.69) is 0 Å². The number of allylic oxidation sites excluding steroid dienone is 1. The van der Waals surface area contributed by atoms with Gasteiger partial charge in [0.25, 0.3) is 0 Å². The quantitative estimate of drug-likeness (QED) is 0.381. The molecule has 0 fully saturated rings. The molecule has 0 amide bonds. The molecule has 0 aromatic heterocycles. The molecule has 0 aliphatic rings. The molecule has 3 nitrogen and oxygen atoms in total. The third-order valence-corrected chi connectivity index (χ3v) is 2.39. The SMILES string of the molecule is CC(=C(Cl)Cl)S(=O)(=O)[O-].[Na+].